The Morgan fingerprint density at radius 3 is 2.34 bits per heavy atom. The first kappa shape index (κ1) is 21.9. The van der Waals surface area contributed by atoms with Gasteiger partial charge in [0.2, 0.25) is 0 Å². The molecule has 0 aliphatic carbocycles. The smallest absolute Gasteiger partial charge is 0.327 e. The standard InChI is InChI=1S/C29H30N4O2/c1-2-33-28(35)32(19-23-11-7-10-21-8-3-5-12-25(21)23)27(34)29(33)14-16-31(17-15-29)20-24-18-22-9-4-6-13-26(22)30-24/h3-13,18,30H,2,14-17,19-20H2,1H3. The van der Waals surface area contributed by atoms with Crippen molar-refractivity contribution in [3.05, 3.63) is 84.1 Å². The van der Waals surface area contributed by atoms with Gasteiger partial charge in [-0.25, -0.2) is 4.79 Å². The molecule has 3 amide bonds. The highest BCUT2D eigenvalue weighted by Crippen LogP contribution is 2.38. The highest BCUT2D eigenvalue weighted by molar-refractivity contribution is 6.07. The molecular weight excluding hydrogens is 436 g/mol. The van der Waals surface area contributed by atoms with E-state index in [0.717, 1.165) is 41.5 Å². The number of rotatable bonds is 5. The van der Waals surface area contributed by atoms with Crippen LogP contribution < -0.4 is 0 Å². The average molecular weight is 467 g/mol. The van der Waals surface area contributed by atoms with Crippen molar-refractivity contribution in [1.29, 1.82) is 0 Å². The van der Waals surface area contributed by atoms with Crippen LogP contribution in [0.15, 0.2) is 72.8 Å². The van der Waals surface area contributed by atoms with Gasteiger partial charge in [-0.1, -0.05) is 60.7 Å². The number of hydrogen-bond donors (Lipinski definition) is 1. The minimum Gasteiger partial charge on any atom is -0.357 e. The molecule has 2 saturated heterocycles. The van der Waals surface area contributed by atoms with Crippen molar-refractivity contribution in [2.45, 2.75) is 38.4 Å². The van der Waals surface area contributed by atoms with Gasteiger partial charge in [0.05, 0.1) is 6.54 Å². The first-order valence-electron chi connectivity index (χ1n) is 12.5. The number of aromatic nitrogens is 1. The number of imide groups is 1. The summed E-state index contributed by atoms with van der Waals surface area (Å²) in [7, 11) is 0. The van der Waals surface area contributed by atoms with Gasteiger partial charge in [-0.05, 0) is 53.6 Å². The number of hydrogen-bond acceptors (Lipinski definition) is 3. The van der Waals surface area contributed by atoms with Crippen molar-refractivity contribution < 1.29 is 9.59 Å². The highest BCUT2D eigenvalue weighted by Gasteiger charge is 2.57. The number of nitrogens with one attached hydrogen (secondary N) is 1. The van der Waals surface area contributed by atoms with E-state index < -0.39 is 5.54 Å². The van der Waals surface area contributed by atoms with Crippen LogP contribution in [0, 0.1) is 0 Å². The van der Waals surface area contributed by atoms with Crippen LogP contribution in [-0.4, -0.2) is 56.8 Å². The number of benzene rings is 3. The number of carbonyl (C=O) groups is 2. The van der Waals surface area contributed by atoms with Gasteiger partial charge in [-0.2, -0.15) is 0 Å². The van der Waals surface area contributed by atoms with Gasteiger partial charge in [0.25, 0.3) is 5.91 Å². The lowest BCUT2D eigenvalue weighted by Gasteiger charge is -2.41. The number of amides is 3. The fraction of sp³-hybridized carbons (Fsp3) is 0.310. The number of para-hydroxylation sites is 1. The Morgan fingerprint density at radius 1 is 0.857 bits per heavy atom. The van der Waals surface area contributed by atoms with E-state index in [4.69, 9.17) is 0 Å². The molecule has 1 spiro atoms. The lowest BCUT2D eigenvalue weighted by Crippen LogP contribution is -2.56. The predicted molar refractivity (Wildman–Crippen MR) is 138 cm³/mol. The Kier molecular flexibility index (Phi) is 5.33. The Morgan fingerprint density at radius 2 is 1.57 bits per heavy atom. The zero-order valence-corrected chi connectivity index (χ0v) is 20.0. The largest absolute Gasteiger partial charge is 0.357 e. The number of carbonyl (C=O) groups excluding carboxylic acids is 2. The number of fused-ring (bicyclic) bond motifs is 2. The molecule has 3 aromatic carbocycles. The molecule has 6 heteroatoms. The van der Waals surface area contributed by atoms with E-state index in [0.29, 0.717) is 25.9 Å². The maximum Gasteiger partial charge on any atom is 0.327 e. The summed E-state index contributed by atoms with van der Waals surface area (Å²) in [4.78, 5) is 36.5. The Bertz CT molecular complexity index is 1380. The van der Waals surface area contributed by atoms with Crippen LogP contribution in [0.1, 0.15) is 31.0 Å². The second kappa shape index (κ2) is 8.54. The second-order valence-electron chi connectivity index (χ2n) is 9.75. The number of likely N-dealkylation sites (N-methyl/N-ethyl adjacent to an activating group) is 1. The number of H-pyrrole nitrogens is 1. The zero-order valence-electron chi connectivity index (χ0n) is 20.0. The molecular formula is C29H30N4O2. The third-order valence-corrected chi connectivity index (χ3v) is 7.81. The second-order valence-corrected chi connectivity index (χ2v) is 9.75. The Balaban J connectivity index is 1.21. The molecule has 6 rings (SSSR count). The zero-order chi connectivity index (χ0) is 24.0. The summed E-state index contributed by atoms with van der Waals surface area (Å²) >= 11 is 0. The van der Waals surface area contributed by atoms with E-state index >= 15 is 0 Å². The van der Waals surface area contributed by atoms with Crippen molar-refractivity contribution in [3.8, 4) is 0 Å². The molecule has 2 aliphatic heterocycles. The number of piperidine rings is 1. The molecule has 0 radical (unpaired) electrons. The fourth-order valence-corrected chi connectivity index (χ4v) is 5.98. The van der Waals surface area contributed by atoms with Gasteiger partial charge < -0.3 is 9.88 Å². The van der Waals surface area contributed by atoms with E-state index in [2.05, 4.69) is 52.3 Å². The van der Waals surface area contributed by atoms with Crippen molar-refractivity contribution in [3.63, 3.8) is 0 Å². The summed E-state index contributed by atoms with van der Waals surface area (Å²) in [5.74, 6) is -0.0393. The quantitative estimate of drug-likeness (QED) is 0.414. The number of urea groups is 1. The van der Waals surface area contributed by atoms with Gasteiger partial charge in [-0.3, -0.25) is 14.6 Å². The number of aromatic amines is 1. The molecule has 178 valence electrons. The molecule has 1 N–H and O–H groups in total. The van der Waals surface area contributed by atoms with E-state index in [1.165, 1.54) is 16.0 Å². The normalized spacial score (nSPS) is 18.4. The van der Waals surface area contributed by atoms with Crippen LogP contribution in [0.2, 0.25) is 0 Å². The van der Waals surface area contributed by atoms with E-state index in [-0.39, 0.29) is 11.9 Å². The monoisotopic (exact) mass is 466 g/mol. The third-order valence-electron chi connectivity index (χ3n) is 7.81. The maximum absolute atomic E-state index is 13.8. The van der Waals surface area contributed by atoms with Crippen LogP contribution >= 0.6 is 0 Å². The molecule has 0 bridgehead atoms. The molecule has 6 nitrogen and oxygen atoms in total. The van der Waals surface area contributed by atoms with Crippen LogP contribution in [0.4, 0.5) is 4.79 Å². The molecule has 0 atom stereocenters. The average Bonchev–Trinajstić information content (AvgIpc) is 3.37. The third kappa shape index (κ3) is 3.60. The van der Waals surface area contributed by atoms with Gasteiger partial charge in [0, 0.05) is 37.4 Å². The van der Waals surface area contributed by atoms with E-state index in [9.17, 15) is 9.59 Å². The molecule has 2 aliphatic rings. The predicted octanol–water partition coefficient (Wildman–Crippen LogP) is 5.14. The van der Waals surface area contributed by atoms with Gasteiger partial charge in [0.15, 0.2) is 0 Å². The van der Waals surface area contributed by atoms with Crippen molar-refractivity contribution >= 4 is 33.6 Å². The minimum absolute atomic E-state index is 0.0393. The Hall–Kier alpha value is -3.64. The maximum atomic E-state index is 13.8. The van der Waals surface area contributed by atoms with Gasteiger partial charge in [0.1, 0.15) is 5.54 Å². The summed E-state index contributed by atoms with van der Waals surface area (Å²) in [6, 6.07) is 24.6. The molecule has 3 heterocycles. The summed E-state index contributed by atoms with van der Waals surface area (Å²) in [6.45, 7) is 5.22. The lowest BCUT2D eigenvalue weighted by atomic mass is 9.85. The van der Waals surface area contributed by atoms with E-state index in [1.807, 2.05) is 42.2 Å². The molecule has 0 unspecified atom stereocenters. The first-order valence-corrected chi connectivity index (χ1v) is 12.5. The SMILES string of the molecule is CCN1C(=O)N(Cc2cccc3ccccc23)C(=O)C12CCN(Cc1cc3ccccc3[nH]1)CC2. The topological polar surface area (TPSA) is 59.7 Å². The summed E-state index contributed by atoms with van der Waals surface area (Å²) in [5.41, 5.74) is 2.61. The van der Waals surface area contributed by atoms with E-state index in [1.54, 1.807) is 0 Å². The van der Waals surface area contributed by atoms with Gasteiger partial charge >= 0.3 is 6.03 Å². The van der Waals surface area contributed by atoms with Crippen LogP contribution in [0.5, 0.6) is 0 Å². The van der Waals surface area contributed by atoms with Crippen molar-refractivity contribution in [1.82, 2.24) is 19.7 Å². The summed E-state index contributed by atoms with van der Waals surface area (Å²) in [6.07, 6.45) is 1.33. The summed E-state index contributed by atoms with van der Waals surface area (Å²) in [5, 5.41) is 3.43. The van der Waals surface area contributed by atoms with Crippen molar-refractivity contribution in [2.24, 2.45) is 0 Å². The summed E-state index contributed by atoms with van der Waals surface area (Å²) < 4.78 is 0. The molecule has 2 fully saturated rings. The number of likely N-dealkylation sites (tertiary alicyclic amines) is 1. The fourth-order valence-electron chi connectivity index (χ4n) is 5.98. The Labute approximate surface area is 205 Å². The molecule has 1 aromatic heterocycles. The molecule has 0 saturated carbocycles. The van der Waals surface area contributed by atoms with Crippen molar-refractivity contribution in [2.75, 3.05) is 19.6 Å². The minimum atomic E-state index is -0.729. The highest BCUT2D eigenvalue weighted by atomic mass is 16.2. The van der Waals surface area contributed by atoms with Gasteiger partial charge in [-0.15, -0.1) is 0 Å². The first-order chi connectivity index (χ1) is 17.1. The molecule has 4 aromatic rings. The number of nitrogens with zero attached hydrogens (tertiary/aromatic N) is 3. The van der Waals surface area contributed by atoms with Crippen LogP contribution in [0.25, 0.3) is 21.7 Å². The van der Waals surface area contributed by atoms with Crippen LogP contribution in [0.3, 0.4) is 0 Å². The lowest BCUT2D eigenvalue weighted by molar-refractivity contribution is -0.136. The molecule has 35 heavy (non-hydrogen) atoms. The van der Waals surface area contributed by atoms with Crippen LogP contribution in [-0.2, 0) is 17.9 Å².